The van der Waals surface area contributed by atoms with E-state index < -0.39 is 0 Å². The van der Waals surface area contributed by atoms with Gasteiger partial charge in [0.05, 0.1) is 4.47 Å². The van der Waals surface area contributed by atoms with Gasteiger partial charge in [0.15, 0.2) is 11.5 Å². The summed E-state index contributed by atoms with van der Waals surface area (Å²) in [6.45, 7) is 6.76. The Kier molecular flexibility index (Phi) is 4.92. The molecule has 23 heavy (non-hydrogen) atoms. The summed E-state index contributed by atoms with van der Waals surface area (Å²) in [5.41, 5.74) is 0.908. The molecule has 2 aliphatic rings. The maximum atomic E-state index is 12.4. The third kappa shape index (κ3) is 3.87. The van der Waals surface area contributed by atoms with E-state index in [2.05, 4.69) is 35.1 Å². The zero-order valence-corrected chi connectivity index (χ0v) is 14.9. The molecule has 2 heterocycles. The fourth-order valence-corrected chi connectivity index (χ4v) is 3.58. The first kappa shape index (κ1) is 16.3. The Labute approximate surface area is 144 Å². The molecule has 0 spiro atoms. The molecule has 1 aromatic carbocycles. The number of fused-ring (bicyclic) bond motifs is 1. The van der Waals surface area contributed by atoms with Gasteiger partial charge in [-0.2, -0.15) is 0 Å². The smallest absolute Gasteiger partial charge is 0.246 e. The predicted octanol–water partition coefficient (Wildman–Crippen LogP) is 2.44. The summed E-state index contributed by atoms with van der Waals surface area (Å²) in [7, 11) is 0. The third-order valence-corrected chi connectivity index (χ3v) is 4.50. The highest BCUT2D eigenvalue weighted by Crippen LogP contribution is 2.38. The number of halogens is 1. The van der Waals surface area contributed by atoms with Crippen LogP contribution in [0.3, 0.4) is 0 Å². The lowest BCUT2D eigenvalue weighted by Crippen LogP contribution is -2.55. The lowest BCUT2D eigenvalue weighted by molar-refractivity contribution is -0.127. The van der Waals surface area contributed by atoms with Gasteiger partial charge in [-0.05, 0) is 53.5 Å². The number of ether oxygens (including phenoxy) is 2. The minimum absolute atomic E-state index is 0.0382. The third-order valence-electron chi connectivity index (χ3n) is 3.91. The van der Waals surface area contributed by atoms with Gasteiger partial charge in [0, 0.05) is 31.2 Å². The fourth-order valence-electron chi connectivity index (χ4n) is 3.01. The molecule has 0 radical (unpaired) electrons. The van der Waals surface area contributed by atoms with Gasteiger partial charge in [0.2, 0.25) is 5.91 Å². The molecule has 2 aliphatic heterocycles. The van der Waals surface area contributed by atoms with Crippen LogP contribution in [0.1, 0.15) is 19.4 Å². The minimum Gasteiger partial charge on any atom is -0.486 e. The maximum absolute atomic E-state index is 12.4. The average Bonchev–Trinajstić information content (AvgIpc) is 2.52. The first-order chi connectivity index (χ1) is 11.0. The van der Waals surface area contributed by atoms with Crippen molar-refractivity contribution in [3.05, 3.63) is 28.2 Å². The number of carbonyl (C=O) groups excluding carboxylic acids is 1. The van der Waals surface area contributed by atoms with Crippen LogP contribution in [0.2, 0.25) is 0 Å². The molecule has 1 fully saturated rings. The molecule has 3 rings (SSSR count). The van der Waals surface area contributed by atoms with Crippen LogP contribution in [0.5, 0.6) is 11.5 Å². The number of hydrogen-bond donors (Lipinski definition) is 1. The largest absolute Gasteiger partial charge is 0.486 e. The summed E-state index contributed by atoms with van der Waals surface area (Å²) in [5.74, 6) is 1.47. The summed E-state index contributed by atoms with van der Waals surface area (Å²) >= 11 is 3.49. The van der Waals surface area contributed by atoms with Crippen molar-refractivity contribution in [2.45, 2.75) is 25.9 Å². The van der Waals surface area contributed by atoms with Crippen molar-refractivity contribution >= 4 is 27.9 Å². The van der Waals surface area contributed by atoms with E-state index in [9.17, 15) is 4.79 Å². The Bertz CT molecular complexity index is 623. The summed E-state index contributed by atoms with van der Waals surface area (Å²) in [6.07, 6.45) is 3.45. The molecule has 5 nitrogen and oxygen atoms in total. The fraction of sp³-hybridized carbons (Fsp3) is 0.471. The van der Waals surface area contributed by atoms with Gasteiger partial charge in [0.25, 0.3) is 0 Å². The van der Waals surface area contributed by atoms with Gasteiger partial charge in [-0.3, -0.25) is 4.79 Å². The van der Waals surface area contributed by atoms with E-state index in [4.69, 9.17) is 9.47 Å². The van der Waals surface area contributed by atoms with Crippen LogP contribution in [-0.4, -0.2) is 49.2 Å². The zero-order chi connectivity index (χ0) is 16.4. The highest BCUT2D eigenvalue weighted by molar-refractivity contribution is 9.10. The number of hydrogen-bond acceptors (Lipinski definition) is 4. The first-order valence-electron chi connectivity index (χ1n) is 7.85. The van der Waals surface area contributed by atoms with E-state index in [0.29, 0.717) is 31.0 Å². The molecule has 2 atom stereocenters. The van der Waals surface area contributed by atoms with Gasteiger partial charge in [-0.15, -0.1) is 0 Å². The standard InChI is InChI=1S/C17H21BrN2O3/c1-11-9-20(10-12(2)19-11)16(21)4-3-13-7-14(18)17-15(8-13)22-5-6-23-17/h3-4,7-8,11-12,19H,5-6,9-10H2,1-2H3/b4-3+. The molecule has 0 aromatic heterocycles. The van der Waals surface area contributed by atoms with Crippen molar-refractivity contribution in [2.75, 3.05) is 26.3 Å². The minimum atomic E-state index is 0.0382. The predicted molar refractivity (Wildman–Crippen MR) is 92.8 cm³/mol. The number of carbonyl (C=O) groups is 1. The Morgan fingerprint density at radius 2 is 1.96 bits per heavy atom. The van der Waals surface area contributed by atoms with Crippen LogP contribution in [0.15, 0.2) is 22.7 Å². The second-order valence-corrected chi connectivity index (χ2v) is 6.93. The Morgan fingerprint density at radius 3 is 2.70 bits per heavy atom. The van der Waals surface area contributed by atoms with Gasteiger partial charge in [0.1, 0.15) is 13.2 Å². The molecule has 1 saturated heterocycles. The van der Waals surface area contributed by atoms with E-state index in [1.807, 2.05) is 23.1 Å². The second-order valence-electron chi connectivity index (χ2n) is 6.07. The molecule has 1 amide bonds. The molecule has 1 N–H and O–H groups in total. The maximum Gasteiger partial charge on any atom is 0.246 e. The Morgan fingerprint density at radius 1 is 1.26 bits per heavy atom. The topological polar surface area (TPSA) is 50.8 Å². The van der Waals surface area contributed by atoms with Gasteiger partial charge in [-0.1, -0.05) is 0 Å². The first-order valence-corrected chi connectivity index (χ1v) is 8.64. The highest BCUT2D eigenvalue weighted by Gasteiger charge is 2.23. The number of nitrogens with one attached hydrogen (secondary N) is 1. The van der Waals surface area contributed by atoms with E-state index in [-0.39, 0.29) is 5.91 Å². The molecule has 1 aromatic rings. The summed E-state index contributed by atoms with van der Waals surface area (Å²) in [6, 6.07) is 4.46. The number of rotatable bonds is 2. The zero-order valence-electron chi connectivity index (χ0n) is 13.3. The monoisotopic (exact) mass is 380 g/mol. The quantitative estimate of drug-likeness (QED) is 0.800. The van der Waals surface area contributed by atoms with Gasteiger partial charge < -0.3 is 19.7 Å². The molecule has 124 valence electrons. The summed E-state index contributed by atoms with van der Waals surface area (Å²) in [5, 5.41) is 3.42. The van der Waals surface area contributed by atoms with Crippen molar-refractivity contribution in [1.29, 1.82) is 0 Å². The SMILES string of the molecule is CC1CN(C(=O)/C=C/c2cc(Br)c3c(c2)OCCO3)CC(C)N1. The normalized spacial score (nSPS) is 24.0. The average molecular weight is 381 g/mol. The summed E-state index contributed by atoms with van der Waals surface area (Å²) in [4.78, 5) is 14.3. The molecule has 0 saturated carbocycles. The number of amides is 1. The molecule has 0 bridgehead atoms. The van der Waals surface area contributed by atoms with Crippen LogP contribution in [0.4, 0.5) is 0 Å². The number of nitrogens with zero attached hydrogens (tertiary/aromatic N) is 1. The van der Waals surface area contributed by atoms with Crippen molar-refractivity contribution in [2.24, 2.45) is 0 Å². The van der Waals surface area contributed by atoms with Gasteiger partial charge >= 0.3 is 0 Å². The molecule has 2 unspecified atom stereocenters. The van der Waals surface area contributed by atoms with Crippen molar-refractivity contribution in [1.82, 2.24) is 10.2 Å². The summed E-state index contributed by atoms with van der Waals surface area (Å²) < 4.78 is 12.0. The Hall–Kier alpha value is -1.53. The highest BCUT2D eigenvalue weighted by atomic mass is 79.9. The van der Waals surface area contributed by atoms with E-state index in [1.54, 1.807) is 6.08 Å². The van der Waals surface area contributed by atoms with Crippen LogP contribution in [-0.2, 0) is 4.79 Å². The van der Waals surface area contributed by atoms with Crippen molar-refractivity contribution in [3.63, 3.8) is 0 Å². The number of benzene rings is 1. The van der Waals surface area contributed by atoms with Crippen molar-refractivity contribution < 1.29 is 14.3 Å². The van der Waals surface area contributed by atoms with Crippen molar-refractivity contribution in [3.8, 4) is 11.5 Å². The lowest BCUT2D eigenvalue weighted by atomic mass is 10.1. The van der Waals surface area contributed by atoms with Crippen LogP contribution in [0, 0.1) is 0 Å². The molecule has 6 heteroatoms. The molecular formula is C17H21BrN2O3. The Balaban J connectivity index is 1.72. The lowest BCUT2D eigenvalue weighted by Gasteiger charge is -2.35. The van der Waals surface area contributed by atoms with Crippen LogP contribution >= 0.6 is 15.9 Å². The molecule has 0 aliphatic carbocycles. The second kappa shape index (κ2) is 6.93. The van der Waals surface area contributed by atoms with Gasteiger partial charge in [-0.25, -0.2) is 0 Å². The number of piperazine rings is 1. The van der Waals surface area contributed by atoms with Crippen LogP contribution < -0.4 is 14.8 Å². The van der Waals surface area contributed by atoms with Crippen LogP contribution in [0.25, 0.3) is 6.08 Å². The molecular weight excluding hydrogens is 360 g/mol. The van der Waals surface area contributed by atoms with E-state index in [1.165, 1.54) is 0 Å². The van der Waals surface area contributed by atoms with E-state index >= 15 is 0 Å². The van der Waals surface area contributed by atoms with E-state index in [0.717, 1.165) is 28.9 Å².